The van der Waals surface area contributed by atoms with E-state index < -0.39 is 5.97 Å². The zero-order valence-corrected chi connectivity index (χ0v) is 22.9. The molecule has 1 aromatic heterocycles. The maximum absolute atomic E-state index is 13.9. The van der Waals surface area contributed by atoms with Crippen molar-refractivity contribution in [1.29, 1.82) is 0 Å². The van der Waals surface area contributed by atoms with Gasteiger partial charge in [0.15, 0.2) is 0 Å². The number of hydrogen-bond donors (Lipinski definition) is 1. The smallest absolute Gasteiger partial charge is 0.304 e. The lowest BCUT2D eigenvalue weighted by molar-refractivity contribution is -0.137. The van der Waals surface area contributed by atoms with Crippen LogP contribution in [0.25, 0.3) is 11.0 Å². The van der Waals surface area contributed by atoms with Crippen LogP contribution in [-0.4, -0.2) is 42.9 Å². The van der Waals surface area contributed by atoms with Gasteiger partial charge in [0.25, 0.3) is 5.91 Å². The number of nitrogens with zero attached hydrogens (tertiary/aromatic N) is 4. The molecule has 1 amide bonds. The fourth-order valence-corrected chi connectivity index (χ4v) is 6.76. The van der Waals surface area contributed by atoms with E-state index in [1.54, 1.807) is 0 Å². The van der Waals surface area contributed by atoms with Gasteiger partial charge in [-0.15, -0.1) is 5.10 Å². The number of rotatable bonds is 6. The van der Waals surface area contributed by atoms with Crippen molar-refractivity contribution in [2.75, 3.05) is 0 Å². The second-order valence-electron chi connectivity index (χ2n) is 11.1. The number of benzene rings is 3. The molecule has 1 N–H and O–H groups in total. The number of aryl methyl sites for hydroxylation is 4. The van der Waals surface area contributed by atoms with Crippen LogP contribution in [0.5, 0.6) is 0 Å². The number of fused-ring (bicyclic) bond motifs is 5. The minimum atomic E-state index is -0.845. The van der Waals surface area contributed by atoms with E-state index in [1.807, 2.05) is 62.7 Å². The van der Waals surface area contributed by atoms with Crippen LogP contribution in [0.1, 0.15) is 87.4 Å². The van der Waals surface area contributed by atoms with E-state index in [-0.39, 0.29) is 30.3 Å². The van der Waals surface area contributed by atoms with Crippen LogP contribution >= 0.6 is 0 Å². The lowest BCUT2D eigenvalue weighted by Crippen LogP contribution is -2.42. The quantitative estimate of drug-likeness (QED) is 0.341. The predicted octanol–water partition coefficient (Wildman–Crippen LogP) is 5.89. The molecule has 6 rings (SSSR count). The van der Waals surface area contributed by atoms with Gasteiger partial charge in [0, 0.05) is 24.1 Å². The van der Waals surface area contributed by atoms with Crippen LogP contribution in [-0.2, 0) is 17.8 Å². The Labute approximate surface area is 228 Å². The van der Waals surface area contributed by atoms with Gasteiger partial charge in [0.1, 0.15) is 5.52 Å². The van der Waals surface area contributed by atoms with Crippen LogP contribution in [0.15, 0.2) is 48.5 Å². The summed E-state index contributed by atoms with van der Waals surface area (Å²) in [6.45, 7) is 8.77. The third-order valence-electron chi connectivity index (χ3n) is 8.78. The van der Waals surface area contributed by atoms with Crippen LogP contribution in [0.2, 0.25) is 0 Å². The molecule has 0 radical (unpaired) electrons. The molecule has 1 unspecified atom stereocenters. The first-order chi connectivity index (χ1) is 18.8. The van der Waals surface area contributed by atoms with Crippen molar-refractivity contribution in [3.05, 3.63) is 93.0 Å². The largest absolute Gasteiger partial charge is 0.481 e. The first-order valence-electron chi connectivity index (χ1n) is 13.8. The highest BCUT2D eigenvalue weighted by atomic mass is 16.4. The lowest BCUT2D eigenvalue weighted by atomic mass is 9.82. The van der Waals surface area contributed by atoms with E-state index >= 15 is 0 Å². The zero-order valence-electron chi connectivity index (χ0n) is 22.9. The monoisotopic (exact) mass is 522 g/mol. The van der Waals surface area contributed by atoms with Gasteiger partial charge in [-0.25, -0.2) is 4.68 Å². The highest BCUT2D eigenvalue weighted by Crippen LogP contribution is 2.46. The highest BCUT2D eigenvalue weighted by molar-refractivity contribution is 5.96. The Morgan fingerprint density at radius 2 is 1.87 bits per heavy atom. The molecule has 1 fully saturated rings. The summed E-state index contributed by atoms with van der Waals surface area (Å²) in [6.07, 6.45) is 2.71. The molecule has 2 aliphatic heterocycles. The molecule has 3 atom stereocenters. The molecule has 0 aliphatic carbocycles. The Hall–Kier alpha value is -4.00. The molecular formula is C32H34N4O3. The summed E-state index contributed by atoms with van der Waals surface area (Å²) in [4.78, 5) is 28.0. The summed E-state index contributed by atoms with van der Waals surface area (Å²) in [5.41, 5.74) is 9.93. The average molecular weight is 523 g/mol. The number of hydrogen-bond acceptors (Lipinski definition) is 4. The fourth-order valence-electron chi connectivity index (χ4n) is 6.76. The Morgan fingerprint density at radius 1 is 1.05 bits per heavy atom. The molecule has 7 nitrogen and oxygen atoms in total. The summed E-state index contributed by atoms with van der Waals surface area (Å²) in [6, 6.07) is 16.7. The van der Waals surface area contributed by atoms with E-state index in [4.69, 9.17) is 0 Å². The van der Waals surface area contributed by atoms with Gasteiger partial charge in [-0.05, 0) is 92.5 Å². The van der Waals surface area contributed by atoms with Gasteiger partial charge in [0.05, 0.1) is 18.0 Å². The number of aliphatic carboxylic acids is 1. The highest BCUT2D eigenvalue weighted by Gasteiger charge is 2.43. The summed E-state index contributed by atoms with van der Waals surface area (Å²) in [5.74, 6) is -1.07. The first-order valence-corrected chi connectivity index (χ1v) is 13.8. The lowest BCUT2D eigenvalue weighted by Gasteiger charge is -2.37. The maximum Gasteiger partial charge on any atom is 0.304 e. The van der Waals surface area contributed by atoms with Crippen molar-refractivity contribution in [1.82, 2.24) is 19.9 Å². The third kappa shape index (κ3) is 4.20. The maximum atomic E-state index is 13.9. The SMILES string of the molecule is CCn1nnc2c(C)c(C(CC(=O)O)c3ccc4c(c3)[C@@H]3CC[C@H](C4)N3C(=O)c3cc(C)ccc3C)ccc21. The topological polar surface area (TPSA) is 88.3 Å². The summed E-state index contributed by atoms with van der Waals surface area (Å²) in [5, 5.41) is 18.6. The Kier molecular flexibility index (Phi) is 6.25. The Morgan fingerprint density at radius 3 is 2.64 bits per heavy atom. The molecule has 3 heterocycles. The van der Waals surface area contributed by atoms with Crippen molar-refractivity contribution in [3.63, 3.8) is 0 Å². The summed E-state index contributed by atoms with van der Waals surface area (Å²) < 4.78 is 1.86. The van der Waals surface area contributed by atoms with Crippen molar-refractivity contribution in [2.24, 2.45) is 0 Å². The number of carboxylic acid groups (broad SMARTS) is 1. The molecule has 0 spiro atoms. The molecule has 3 aromatic carbocycles. The van der Waals surface area contributed by atoms with Gasteiger partial charge in [-0.3, -0.25) is 9.59 Å². The van der Waals surface area contributed by atoms with Crippen molar-refractivity contribution in [3.8, 4) is 0 Å². The second kappa shape index (κ2) is 9.63. The fraction of sp³-hybridized carbons (Fsp3) is 0.375. The number of carbonyl (C=O) groups excluding carboxylic acids is 1. The zero-order chi connectivity index (χ0) is 27.4. The van der Waals surface area contributed by atoms with Gasteiger partial charge in [-0.1, -0.05) is 47.2 Å². The Bertz CT molecular complexity index is 1620. The standard InChI is InChI=1S/C32H34N4O3/c1-5-35-29-13-11-24(20(4)31(29)33-34-35)26(17-30(37)38)22-9-8-21-15-23-10-12-28(27(21)16-22)36(23)32(39)25-14-18(2)6-7-19(25)3/h6-9,11,13-14,16,23,26,28H,5,10,12,15,17H2,1-4H3,(H,37,38)/t23-,26?,28+/m1/s1. The van der Waals surface area contributed by atoms with E-state index in [1.165, 1.54) is 5.56 Å². The molecule has 2 aliphatic rings. The van der Waals surface area contributed by atoms with Crippen LogP contribution in [0.3, 0.4) is 0 Å². The van der Waals surface area contributed by atoms with Crippen molar-refractivity contribution in [2.45, 2.75) is 77.9 Å². The summed E-state index contributed by atoms with van der Waals surface area (Å²) in [7, 11) is 0. The predicted molar refractivity (Wildman–Crippen MR) is 150 cm³/mol. The number of carbonyl (C=O) groups is 2. The molecule has 4 aromatic rings. The van der Waals surface area contributed by atoms with Crippen molar-refractivity contribution >= 4 is 22.9 Å². The molecule has 1 saturated heterocycles. The number of carboxylic acids is 1. The van der Waals surface area contributed by atoms with Gasteiger partial charge in [0.2, 0.25) is 0 Å². The third-order valence-corrected chi connectivity index (χ3v) is 8.78. The molecule has 0 saturated carbocycles. The van der Waals surface area contributed by atoms with Gasteiger partial charge < -0.3 is 10.0 Å². The van der Waals surface area contributed by atoms with Crippen LogP contribution in [0.4, 0.5) is 0 Å². The van der Waals surface area contributed by atoms with Crippen LogP contribution in [0, 0.1) is 20.8 Å². The van der Waals surface area contributed by atoms with E-state index in [0.29, 0.717) is 0 Å². The summed E-state index contributed by atoms with van der Waals surface area (Å²) >= 11 is 0. The first kappa shape index (κ1) is 25.3. The number of amides is 1. The molecule has 200 valence electrons. The normalized spacial score (nSPS) is 18.8. The van der Waals surface area contributed by atoms with E-state index in [9.17, 15) is 14.7 Å². The molecule has 39 heavy (non-hydrogen) atoms. The molecular weight excluding hydrogens is 488 g/mol. The average Bonchev–Trinajstić information content (AvgIpc) is 3.49. The van der Waals surface area contributed by atoms with Crippen LogP contribution < -0.4 is 0 Å². The van der Waals surface area contributed by atoms with Gasteiger partial charge in [-0.2, -0.15) is 0 Å². The molecule has 7 heteroatoms. The second-order valence-corrected chi connectivity index (χ2v) is 11.1. The number of aromatic nitrogens is 3. The minimum absolute atomic E-state index is 0.00428. The molecule has 2 bridgehead atoms. The van der Waals surface area contributed by atoms with E-state index in [2.05, 4.69) is 33.4 Å². The van der Waals surface area contributed by atoms with Crippen molar-refractivity contribution < 1.29 is 14.7 Å². The van der Waals surface area contributed by atoms with Gasteiger partial charge >= 0.3 is 5.97 Å². The van der Waals surface area contributed by atoms with E-state index in [0.717, 1.165) is 75.8 Å². The Balaban J connectivity index is 1.41. The minimum Gasteiger partial charge on any atom is -0.481 e.